The number of benzene rings is 1. The molecular weight excluding hydrogens is 1540 g/mol. The maximum atomic E-state index is 12.3. The number of hydrogen-bond acceptors (Lipinski definition) is 27. The number of rotatable bonds is 27. The van der Waals surface area contributed by atoms with E-state index in [1.807, 2.05) is 60.7 Å². The number of H-pyrrole nitrogens is 4. The van der Waals surface area contributed by atoms with E-state index in [1.54, 1.807) is 38.4 Å². The topological polar surface area (TPSA) is 432 Å². The molecule has 11 heterocycles. The second-order valence-electron chi connectivity index (χ2n) is 25.7. The Kier molecular flexibility index (Phi) is 24.0. The number of sulfonamides is 2. The van der Waals surface area contributed by atoms with Crippen molar-refractivity contribution < 1.29 is 43.2 Å². The summed E-state index contributed by atoms with van der Waals surface area (Å²) in [5.74, 6) is 11.2. The molecule has 0 bridgehead atoms. The normalized spacial score (nSPS) is 14.1. The monoisotopic (exact) mass is 1630 g/mol. The second-order valence-corrected chi connectivity index (χ2v) is 34.2. The maximum Gasteiger partial charge on any atom is 0.250 e. The molecule has 4 saturated carbocycles. The highest BCUT2D eigenvalue weighted by molar-refractivity contribution is 7.92. The van der Waals surface area contributed by atoms with Crippen LogP contribution in [0.4, 0.5) is 46.5 Å². The number of hydrogen-bond donors (Lipinski definition) is 12. The zero-order valence-electron chi connectivity index (χ0n) is 57.9. The first-order valence-corrected chi connectivity index (χ1v) is 40.4. The first kappa shape index (κ1) is 76.5. The summed E-state index contributed by atoms with van der Waals surface area (Å²) in [5.41, 5.74) is 5.95. The molecular formula is C70H86Cl3N23O7S5. The predicted molar refractivity (Wildman–Crippen MR) is 433 cm³/mol. The largest absolute Gasteiger partial charge is 0.395 e. The van der Waals surface area contributed by atoms with Crippen molar-refractivity contribution in [2.24, 2.45) is 0 Å². The lowest BCUT2D eigenvalue weighted by atomic mass is 10.1. The molecule has 0 radical (unpaired) electrons. The molecule has 12 N–H and O–H groups in total. The summed E-state index contributed by atoms with van der Waals surface area (Å²) in [7, 11) is -5.78. The van der Waals surface area contributed by atoms with Gasteiger partial charge in [-0.25, -0.2) is 66.2 Å². The van der Waals surface area contributed by atoms with E-state index in [-0.39, 0.29) is 39.5 Å². The summed E-state index contributed by atoms with van der Waals surface area (Å²) < 4.78 is 58.9. The van der Waals surface area contributed by atoms with Crippen LogP contribution in [-0.4, -0.2) is 141 Å². The van der Waals surface area contributed by atoms with Crippen LogP contribution in [0.2, 0.25) is 15.1 Å². The molecule has 38 heteroatoms. The van der Waals surface area contributed by atoms with Crippen LogP contribution in [0.3, 0.4) is 0 Å². The summed E-state index contributed by atoms with van der Waals surface area (Å²) in [5, 5.41) is 70.4. The van der Waals surface area contributed by atoms with Gasteiger partial charge < -0.3 is 36.2 Å². The molecule has 0 unspecified atom stereocenters. The Labute approximate surface area is 659 Å². The zero-order valence-corrected chi connectivity index (χ0v) is 64.2. The van der Waals surface area contributed by atoms with Crippen molar-refractivity contribution in [2.75, 3.05) is 54.7 Å². The fourth-order valence-corrected chi connectivity index (χ4v) is 16.3. The van der Waals surface area contributed by atoms with E-state index in [9.17, 15) is 21.9 Å². The average Bonchev–Trinajstić information content (AvgIpc) is 1.58. The van der Waals surface area contributed by atoms with Crippen LogP contribution in [0.25, 0.3) is 43.5 Å². The van der Waals surface area contributed by atoms with Crippen molar-refractivity contribution in [3.63, 3.8) is 0 Å². The Morgan fingerprint density at radius 2 is 0.935 bits per heavy atom. The van der Waals surface area contributed by atoms with E-state index < -0.39 is 25.6 Å². The molecule has 16 rings (SSSR count). The summed E-state index contributed by atoms with van der Waals surface area (Å²) in [6.07, 6.45) is 21.6. The van der Waals surface area contributed by atoms with Gasteiger partial charge in [-0.1, -0.05) is 65.0 Å². The Hall–Kier alpha value is -9.70. The molecule has 11 aromatic heterocycles. The van der Waals surface area contributed by atoms with Crippen LogP contribution in [-0.2, 0) is 36.8 Å². The van der Waals surface area contributed by atoms with Crippen LogP contribution < -0.4 is 30.7 Å². The third kappa shape index (κ3) is 20.0. The number of aliphatic hydroxyl groups is 2. The summed E-state index contributed by atoms with van der Waals surface area (Å²) in [6.45, 7) is 3.68. The van der Waals surface area contributed by atoms with Crippen molar-refractivity contribution in [3.8, 4) is 61.9 Å². The van der Waals surface area contributed by atoms with Crippen LogP contribution in [0.1, 0.15) is 139 Å². The number of halogens is 3. The maximum absolute atomic E-state index is 12.3. The Bertz CT molecular complexity index is 5520. The minimum atomic E-state index is -3.68. The number of nitriles is 1. The van der Waals surface area contributed by atoms with Gasteiger partial charge in [0.05, 0.1) is 70.1 Å². The first-order valence-electron chi connectivity index (χ1n) is 33.9. The lowest BCUT2D eigenvalue weighted by molar-refractivity contribution is 0.0825. The molecule has 4 fully saturated rings. The minimum Gasteiger partial charge on any atom is -0.395 e. The van der Waals surface area contributed by atoms with Crippen molar-refractivity contribution in [2.45, 2.75) is 109 Å². The lowest BCUT2D eigenvalue weighted by Crippen LogP contribution is -2.26. The quantitative estimate of drug-likeness (QED) is 0.0168. The highest BCUT2D eigenvalue weighted by Gasteiger charge is 2.30. The number of anilines is 8. The highest BCUT2D eigenvalue weighted by atomic mass is 35.5. The zero-order chi connectivity index (χ0) is 75.7. The van der Waals surface area contributed by atoms with Gasteiger partial charge in [0.2, 0.25) is 20.0 Å². The lowest BCUT2D eigenvalue weighted by Gasteiger charge is -2.13. The van der Waals surface area contributed by atoms with Crippen molar-refractivity contribution >= 4 is 135 Å². The van der Waals surface area contributed by atoms with E-state index in [0.29, 0.717) is 137 Å². The number of nitrogens with zero attached hydrogens (tertiary/aromatic N) is 13. The summed E-state index contributed by atoms with van der Waals surface area (Å²) in [6, 6.07) is 27.7. The molecule has 30 nitrogen and oxygen atoms in total. The predicted octanol–water partition coefficient (Wildman–Crippen LogP) is 15.5. The fraction of sp³-hybridized carbons (Fsp3) is 0.300. The van der Waals surface area contributed by atoms with Gasteiger partial charge in [0.1, 0.15) is 23.5 Å². The minimum absolute atomic E-state index is 0. The third-order valence-corrected chi connectivity index (χ3v) is 25.0. The van der Waals surface area contributed by atoms with Gasteiger partial charge in [-0.2, -0.15) is 25.7 Å². The van der Waals surface area contributed by atoms with Gasteiger partial charge in [-0.15, -0.1) is 40.4 Å². The molecule has 12 aromatic rings. The molecule has 4 aliphatic rings. The molecule has 108 heavy (non-hydrogen) atoms. The van der Waals surface area contributed by atoms with Gasteiger partial charge in [0, 0.05) is 119 Å². The Morgan fingerprint density at radius 1 is 0.556 bits per heavy atom. The number of methoxy groups -OCH3 is 1. The third-order valence-electron chi connectivity index (χ3n) is 16.7. The molecule has 574 valence electrons. The Balaban J connectivity index is 0.000000270. The smallest absolute Gasteiger partial charge is 0.250 e. The van der Waals surface area contributed by atoms with Gasteiger partial charge in [-0.3, -0.25) is 20.4 Å². The van der Waals surface area contributed by atoms with Crippen LogP contribution in [0.15, 0.2) is 118 Å². The number of thiophene rings is 3. The second kappa shape index (κ2) is 33.8. The summed E-state index contributed by atoms with van der Waals surface area (Å²) >= 11 is 22.2. The van der Waals surface area contributed by atoms with E-state index >= 15 is 0 Å². The number of aromatic amines is 4. The Morgan fingerprint density at radius 3 is 1.31 bits per heavy atom. The molecule has 0 aliphatic heterocycles. The van der Waals surface area contributed by atoms with Crippen molar-refractivity contribution in [1.29, 1.82) is 5.26 Å². The standard InChI is InChI=1S/C20H16N6.C17H19ClN6O3S2.C17H18ClN5OS.C16H17ClN6O3S2.8H2/c1-2-14-12-22-19(16-5-3-13(4-6-16)9-10-21)24-20(14)23-18-11-17(25-26-18)15-7-8-15;1-27-7-6-20-29(25,26)15-5-4-13(28-15)17-19-9-11(18)16(22-17)21-14-8-12(23-24-14)10-2-3-10;1-17(2,24)13-6-5-12(25-13)16-19-8-10(18)15(21-16)20-14-7-11(22-23-14)9-3-4-9;17-10-8-18-16(12-3-4-14(27-12)28(25,26)19-5-6-24)21-15(10)20-13-7-11(22-23-13)9-1-2-9;;;;;;;;/h1,3-6,11-12,15H,7-9H2,(H2,22,23,24,25,26);4-5,8-10,20H,2-3,6-7H2,1H3,(H2,19,21,22,23,24);5-9,24H,3-4H2,1-2H3,(H2,19,20,21,22,23);3-4,7-9,19,24H,1-2,5-6H2,(H2,18,20,21,22,23);8*1H. The van der Waals surface area contributed by atoms with E-state index in [0.717, 1.165) is 79.2 Å². The van der Waals surface area contributed by atoms with Gasteiger partial charge >= 0.3 is 0 Å². The molecule has 0 spiro atoms. The molecule has 1 aromatic carbocycles. The van der Waals surface area contributed by atoms with Crippen molar-refractivity contribution in [3.05, 3.63) is 164 Å². The number of nitrogens with one attached hydrogen (secondary N) is 10. The van der Waals surface area contributed by atoms with E-state index in [1.165, 1.54) is 81.5 Å². The van der Waals surface area contributed by atoms with E-state index in [4.69, 9.17) is 56.3 Å². The van der Waals surface area contributed by atoms with Crippen LogP contribution in [0.5, 0.6) is 0 Å². The molecule has 0 amide bonds. The fourth-order valence-electron chi connectivity index (χ4n) is 10.4. The number of aromatic nitrogens is 16. The van der Waals surface area contributed by atoms with Gasteiger partial charge in [0.25, 0.3) is 0 Å². The molecule has 0 saturated heterocycles. The molecule has 0 atom stereocenters. The van der Waals surface area contributed by atoms with Crippen LogP contribution >= 0.6 is 68.8 Å². The number of aliphatic hydroxyl groups excluding tert-OH is 1. The van der Waals surface area contributed by atoms with Gasteiger partial charge in [0.15, 0.2) is 69.8 Å². The highest BCUT2D eigenvalue weighted by Crippen LogP contribution is 2.44. The number of ether oxygens (including phenoxy) is 1. The SMILES string of the molecule is C#Cc1cnc(-c2ccc(CC#N)cc2)nc1Nc1cc(C2CC2)[nH]n1.CC(C)(O)c1ccc(-c2ncc(Cl)c(Nc3cc(C4CC4)[nH]n3)n2)s1.COCCNS(=O)(=O)c1ccc(-c2ncc(Cl)c(Nc3cc(C4CC4)[nH]n3)n2)s1.O=S(=O)(NCCO)c1ccc(-c2ncc(Cl)c(Nc3cc(C4CC4)[nH]n3)n2)s1.[HH].[HH].[HH].[HH].[HH].[HH].[HH].[HH]. The van der Waals surface area contributed by atoms with E-state index in [2.05, 4.69) is 123 Å². The first-order chi connectivity index (χ1) is 52.1. The average molecular weight is 1630 g/mol. The molecule has 4 aliphatic carbocycles. The van der Waals surface area contributed by atoms with Gasteiger partial charge in [-0.05, 0) is 107 Å². The van der Waals surface area contributed by atoms with Crippen molar-refractivity contribution in [1.82, 2.24) is 90.1 Å². The van der Waals surface area contributed by atoms with Crippen LogP contribution in [0, 0.1) is 23.7 Å². The number of terminal acetylenes is 1. The summed E-state index contributed by atoms with van der Waals surface area (Å²) in [4.78, 5) is 38.0.